The standard InChI is InChI=1S/C14H16N2O4/c17-11-5-2-1-4-9(11)15-14(18)10-8-13(20-16-10)12-6-3-7-19-12/h3,6-9,11,17H,1-2,4-5H2,(H,15,18). The van der Waals surface area contributed by atoms with Gasteiger partial charge in [0.25, 0.3) is 5.91 Å². The number of amides is 1. The van der Waals surface area contributed by atoms with Crippen molar-refractivity contribution < 1.29 is 18.8 Å². The predicted octanol–water partition coefficient (Wildman–Crippen LogP) is 1.97. The van der Waals surface area contributed by atoms with Crippen LogP contribution in [0.2, 0.25) is 0 Å². The fourth-order valence-corrected chi connectivity index (χ4v) is 2.44. The molecule has 6 nitrogen and oxygen atoms in total. The number of hydrogen-bond acceptors (Lipinski definition) is 5. The smallest absolute Gasteiger partial charge is 0.273 e. The Kier molecular flexibility index (Phi) is 3.56. The molecule has 20 heavy (non-hydrogen) atoms. The van der Waals surface area contributed by atoms with Gasteiger partial charge in [-0.25, -0.2) is 0 Å². The molecule has 2 aromatic rings. The highest BCUT2D eigenvalue weighted by Gasteiger charge is 2.26. The van der Waals surface area contributed by atoms with Crippen molar-refractivity contribution in [3.05, 3.63) is 30.2 Å². The number of nitrogens with zero attached hydrogens (tertiary/aromatic N) is 1. The number of nitrogens with one attached hydrogen (secondary N) is 1. The third-order valence-electron chi connectivity index (χ3n) is 3.55. The minimum Gasteiger partial charge on any atom is -0.461 e. The topological polar surface area (TPSA) is 88.5 Å². The molecule has 3 rings (SSSR count). The van der Waals surface area contributed by atoms with Crippen LogP contribution in [0.3, 0.4) is 0 Å². The van der Waals surface area contributed by atoms with Gasteiger partial charge in [-0.1, -0.05) is 18.0 Å². The molecule has 2 heterocycles. The van der Waals surface area contributed by atoms with Crippen molar-refractivity contribution in [2.45, 2.75) is 37.8 Å². The van der Waals surface area contributed by atoms with E-state index in [4.69, 9.17) is 8.94 Å². The second-order valence-electron chi connectivity index (χ2n) is 4.99. The van der Waals surface area contributed by atoms with Gasteiger partial charge >= 0.3 is 0 Å². The van der Waals surface area contributed by atoms with Crippen LogP contribution in [0.25, 0.3) is 11.5 Å². The zero-order valence-electron chi connectivity index (χ0n) is 10.9. The molecule has 0 saturated heterocycles. The van der Waals surface area contributed by atoms with E-state index in [0.717, 1.165) is 25.7 Å². The number of aliphatic hydroxyl groups is 1. The highest BCUT2D eigenvalue weighted by atomic mass is 16.5. The number of carbonyl (C=O) groups is 1. The zero-order chi connectivity index (χ0) is 13.9. The maximum absolute atomic E-state index is 12.1. The van der Waals surface area contributed by atoms with Gasteiger partial charge in [-0.05, 0) is 25.0 Å². The van der Waals surface area contributed by atoms with Gasteiger partial charge in [-0.15, -0.1) is 0 Å². The molecule has 2 unspecified atom stereocenters. The Morgan fingerprint density at radius 3 is 2.95 bits per heavy atom. The van der Waals surface area contributed by atoms with Crippen molar-refractivity contribution in [3.63, 3.8) is 0 Å². The SMILES string of the molecule is O=C(NC1CCCCC1O)c1cc(-c2ccco2)on1. The van der Waals surface area contributed by atoms with E-state index in [0.29, 0.717) is 11.5 Å². The monoisotopic (exact) mass is 276 g/mol. The Morgan fingerprint density at radius 1 is 1.35 bits per heavy atom. The number of furan rings is 1. The normalized spacial score (nSPS) is 22.6. The lowest BCUT2D eigenvalue weighted by atomic mass is 9.92. The van der Waals surface area contributed by atoms with Crippen LogP contribution in [0.5, 0.6) is 0 Å². The van der Waals surface area contributed by atoms with E-state index in [1.807, 2.05) is 0 Å². The minimum absolute atomic E-state index is 0.189. The highest BCUT2D eigenvalue weighted by molar-refractivity contribution is 5.93. The maximum atomic E-state index is 12.1. The molecule has 2 aromatic heterocycles. The summed E-state index contributed by atoms with van der Waals surface area (Å²) in [7, 11) is 0. The molecule has 0 bridgehead atoms. The minimum atomic E-state index is -0.482. The van der Waals surface area contributed by atoms with Crippen molar-refractivity contribution in [2.75, 3.05) is 0 Å². The van der Waals surface area contributed by atoms with E-state index in [9.17, 15) is 9.90 Å². The molecule has 6 heteroatoms. The molecule has 2 atom stereocenters. The van der Waals surface area contributed by atoms with Gasteiger partial charge in [0.2, 0.25) is 5.76 Å². The lowest BCUT2D eigenvalue weighted by molar-refractivity contribution is 0.0711. The van der Waals surface area contributed by atoms with Crippen molar-refractivity contribution in [1.82, 2.24) is 10.5 Å². The molecular weight excluding hydrogens is 260 g/mol. The average Bonchev–Trinajstić information content (AvgIpc) is 3.11. The third kappa shape index (κ3) is 2.60. The molecule has 1 aliphatic carbocycles. The van der Waals surface area contributed by atoms with Gasteiger partial charge in [0.1, 0.15) is 0 Å². The Labute approximate surface area is 115 Å². The van der Waals surface area contributed by atoms with Crippen LogP contribution in [0.1, 0.15) is 36.2 Å². The number of aromatic nitrogens is 1. The fourth-order valence-electron chi connectivity index (χ4n) is 2.44. The van der Waals surface area contributed by atoms with Crippen LogP contribution in [0.4, 0.5) is 0 Å². The molecule has 1 amide bonds. The number of rotatable bonds is 3. The number of aliphatic hydroxyl groups excluding tert-OH is 1. The van der Waals surface area contributed by atoms with E-state index >= 15 is 0 Å². The lowest BCUT2D eigenvalue weighted by Crippen LogP contribution is -2.45. The summed E-state index contributed by atoms with van der Waals surface area (Å²) >= 11 is 0. The van der Waals surface area contributed by atoms with Gasteiger partial charge in [0.05, 0.1) is 18.4 Å². The third-order valence-corrected chi connectivity index (χ3v) is 3.55. The second kappa shape index (κ2) is 5.50. The Hall–Kier alpha value is -2.08. The first-order chi connectivity index (χ1) is 9.74. The molecule has 0 aromatic carbocycles. The first-order valence-corrected chi connectivity index (χ1v) is 6.73. The van der Waals surface area contributed by atoms with Gasteiger partial charge in [0.15, 0.2) is 11.5 Å². The van der Waals surface area contributed by atoms with E-state index in [2.05, 4.69) is 10.5 Å². The molecule has 2 N–H and O–H groups in total. The Bertz CT molecular complexity index is 576. The molecular formula is C14H16N2O4. The summed E-state index contributed by atoms with van der Waals surface area (Å²) in [6, 6.07) is 4.78. The second-order valence-corrected chi connectivity index (χ2v) is 4.99. The fraction of sp³-hybridized carbons (Fsp3) is 0.429. The quantitative estimate of drug-likeness (QED) is 0.894. The molecule has 0 aliphatic heterocycles. The molecule has 1 aliphatic rings. The van der Waals surface area contributed by atoms with Gasteiger partial charge in [0, 0.05) is 6.07 Å². The summed E-state index contributed by atoms with van der Waals surface area (Å²) < 4.78 is 10.3. The van der Waals surface area contributed by atoms with E-state index in [1.54, 1.807) is 12.1 Å². The molecule has 0 radical (unpaired) electrons. The Morgan fingerprint density at radius 2 is 2.20 bits per heavy atom. The van der Waals surface area contributed by atoms with Crippen LogP contribution in [-0.4, -0.2) is 28.3 Å². The predicted molar refractivity (Wildman–Crippen MR) is 69.9 cm³/mol. The zero-order valence-corrected chi connectivity index (χ0v) is 10.9. The van der Waals surface area contributed by atoms with Crippen molar-refractivity contribution in [2.24, 2.45) is 0 Å². The summed E-state index contributed by atoms with van der Waals surface area (Å²) in [6.45, 7) is 0. The molecule has 0 spiro atoms. The summed E-state index contributed by atoms with van der Waals surface area (Å²) in [5.41, 5.74) is 0.189. The summed E-state index contributed by atoms with van der Waals surface area (Å²) in [4.78, 5) is 12.1. The highest BCUT2D eigenvalue weighted by Crippen LogP contribution is 2.22. The van der Waals surface area contributed by atoms with Gasteiger partial charge in [-0.3, -0.25) is 4.79 Å². The van der Waals surface area contributed by atoms with Gasteiger partial charge in [-0.2, -0.15) is 0 Å². The largest absolute Gasteiger partial charge is 0.461 e. The first-order valence-electron chi connectivity index (χ1n) is 6.73. The summed E-state index contributed by atoms with van der Waals surface area (Å²) in [6.07, 6.45) is 4.57. The van der Waals surface area contributed by atoms with Crippen molar-refractivity contribution >= 4 is 5.91 Å². The molecule has 106 valence electrons. The number of carbonyl (C=O) groups excluding carboxylic acids is 1. The maximum Gasteiger partial charge on any atom is 0.273 e. The van der Waals surface area contributed by atoms with Gasteiger partial charge < -0.3 is 19.4 Å². The van der Waals surface area contributed by atoms with E-state index in [1.165, 1.54) is 12.3 Å². The van der Waals surface area contributed by atoms with E-state index in [-0.39, 0.29) is 17.6 Å². The van der Waals surface area contributed by atoms with E-state index < -0.39 is 6.10 Å². The molecule has 1 fully saturated rings. The van der Waals surface area contributed by atoms with Crippen molar-refractivity contribution in [1.29, 1.82) is 0 Å². The van der Waals surface area contributed by atoms with Crippen molar-refractivity contribution in [3.8, 4) is 11.5 Å². The average molecular weight is 276 g/mol. The van der Waals surface area contributed by atoms with Crippen LogP contribution in [-0.2, 0) is 0 Å². The Balaban J connectivity index is 1.68. The van der Waals surface area contributed by atoms with Crippen LogP contribution >= 0.6 is 0 Å². The number of hydrogen-bond donors (Lipinski definition) is 2. The summed E-state index contributed by atoms with van der Waals surface area (Å²) in [5, 5.41) is 16.4. The molecule has 1 saturated carbocycles. The van der Waals surface area contributed by atoms with Crippen LogP contribution < -0.4 is 5.32 Å². The summed E-state index contributed by atoms with van der Waals surface area (Å²) in [5.74, 6) is 0.594. The lowest BCUT2D eigenvalue weighted by Gasteiger charge is -2.27. The first kappa shape index (κ1) is 12.9. The van der Waals surface area contributed by atoms with Crippen LogP contribution in [0, 0.1) is 0 Å². The van der Waals surface area contributed by atoms with Crippen LogP contribution in [0.15, 0.2) is 33.4 Å².